The summed E-state index contributed by atoms with van der Waals surface area (Å²) in [5, 5.41) is 3.15. The van der Waals surface area contributed by atoms with Crippen LogP contribution in [0.4, 0.5) is 16.5 Å². The Morgan fingerprint density at radius 1 is 1.15 bits per heavy atom. The maximum atomic E-state index is 13.0. The second-order valence-corrected chi connectivity index (χ2v) is 9.40. The van der Waals surface area contributed by atoms with Crippen LogP contribution in [-0.2, 0) is 25.5 Å². The molecule has 1 aliphatic rings. The van der Waals surface area contributed by atoms with E-state index in [-0.39, 0.29) is 12.3 Å². The first-order valence-corrected chi connectivity index (χ1v) is 11.2. The first kappa shape index (κ1) is 22.5. The number of ether oxygens (including phenoxy) is 1. The monoisotopic (exact) mass is 464 g/mol. The predicted molar refractivity (Wildman–Crippen MR) is 128 cm³/mol. The first-order chi connectivity index (χ1) is 15.7. The van der Waals surface area contributed by atoms with E-state index in [1.165, 1.54) is 16.2 Å². The fraction of sp³-hybridized carbons (Fsp3) is 0.250. The van der Waals surface area contributed by atoms with Crippen LogP contribution in [0.1, 0.15) is 24.3 Å². The van der Waals surface area contributed by atoms with E-state index < -0.39 is 24.0 Å². The molecular formula is C24H24N4O4S. The van der Waals surface area contributed by atoms with Gasteiger partial charge in [-0.15, -0.1) is 11.3 Å². The Labute approximate surface area is 195 Å². The Morgan fingerprint density at radius 2 is 1.85 bits per heavy atom. The maximum Gasteiger partial charge on any atom is 0.311 e. The molecule has 9 heteroatoms. The Morgan fingerprint density at radius 3 is 2.58 bits per heavy atom. The van der Waals surface area contributed by atoms with Crippen LogP contribution in [0.5, 0.6) is 0 Å². The van der Waals surface area contributed by atoms with E-state index in [0.717, 1.165) is 11.1 Å². The van der Waals surface area contributed by atoms with Crippen LogP contribution in [0.2, 0.25) is 0 Å². The lowest BCUT2D eigenvalue weighted by Gasteiger charge is -2.41. The maximum absolute atomic E-state index is 13.0. The number of nitrogens with two attached hydrogens (primary N) is 1. The average Bonchev–Trinajstić information content (AvgIpc) is 3.13. The Bertz CT molecular complexity index is 1230. The van der Waals surface area contributed by atoms with E-state index in [9.17, 15) is 14.4 Å². The molecule has 0 spiro atoms. The number of thiazole rings is 1. The van der Waals surface area contributed by atoms with E-state index >= 15 is 0 Å². The average molecular weight is 465 g/mol. The molecule has 0 radical (unpaired) electrons. The molecule has 0 bridgehead atoms. The van der Waals surface area contributed by atoms with Crippen molar-refractivity contribution in [1.29, 1.82) is 0 Å². The van der Waals surface area contributed by atoms with Gasteiger partial charge < -0.3 is 15.8 Å². The molecule has 2 heterocycles. The van der Waals surface area contributed by atoms with E-state index in [0.29, 0.717) is 27.1 Å². The number of para-hydroxylation sites is 2. The topological polar surface area (TPSA) is 115 Å². The summed E-state index contributed by atoms with van der Waals surface area (Å²) in [6.45, 7) is 4.79. The van der Waals surface area contributed by atoms with Crippen molar-refractivity contribution in [2.45, 2.75) is 32.7 Å². The number of esters is 1. The molecule has 3 aromatic rings. The van der Waals surface area contributed by atoms with Crippen LogP contribution in [-0.4, -0.2) is 34.9 Å². The van der Waals surface area contributed by atoms with Gasteiger partial charge in [0.15, 0.2) is 11.7 Å². The number of rotatable bonds is 5. The fourth-order valence-corrected chi connectivity index (χ4v) is 4.55. The van der Waals surface area contributed by atoms with Crippen LogP contribution < -0.4 is 16.0 Å². The number of nitrogens with one attached hydrogen (secondary N) is 1. The molecule has 170 valence electrons. The second kappa shape index (κ2) is 8.67. The lowest BCUT2D eigenvalue weighted by molar-refractivity contribution is -0.147. The van der Waals surface area contributed by atoms with Crippen molar-refractivity contribution in [3.8, 4) is 11.3 Å². The number of aromatic nitrogens is 1. The molecule has 0 unspecified atom stereocenters. The number of carbonyl (C=O) groups is 3. The third-order valence-electron chi connectivity index (χ3n) is 5.46. The zero-order valence-corrected chi connectivity index (χ0v) is 19.4. The number of hydrogen-bond acceptors (Lipinski definition) is 7. The zero-order chi connectivity index (χ0) is 23.8. The largest absolute Gasteiger partial charge is 0.455 e. The van der Waals surface area contributed by atoms with Crippen molar-refractivity contribution in [2.24, 2.45) is 0 Å². The van der Waals surface area contributed by atoms with Gasteiger partial charge in [0.1, 0.15) is 5.54 Å². The van der Waals surface area contributed by atoms with E-state index in [1.54, 1.807) is 38.1 Å². The van der Waals surface area contributed by atoms with Gasteiger partial charge in [0.05, 0.1) is 23.5 Å². The summed E-state index contributed by atoms with van der Waals surface area (Å²) in [6.07, 6.45) is -0.0637. The summed E-state index contributed by atoms with van der Waals surface area (Å²) in [5.74, 6) is -1.38. The smallest absolute Gasteiger partial charge is 0.311 e. The normalized spacial score (nSPS) is 14.4. The lowest BCUT2D eigenvalue weighted by Crippen LogP contribution is -2.59. The molecule has 3 N–H and O–H groups in total. The minimum Gasteiger partial charge on any atom is -0.455 e. The number of benzene rings is 2. The Balaban J connectivity index is 1.47. The number of amides is 2. The van der Waals surface area contributed by atoms with E-state index in [2.05, 4.69) is 10.3 Å². The lowest BCUT2D eigenvalue weighted by atomic mass is 9.96. The number of nitrogen functional groups attached to an aromatic ring is 1. The van der Waals surface area contributed by atoms with E-state index in [1.807, 2.05) is 31.2 Å². The molecule has 8 nitrogen and oxygen atoms in total. The van der Waals surface area contributed by atoms with Crippen molar-refractivity contribution in [3.63, 3.8) is 0 Å². The van der Waals surface area contributed by atoms with Crippen LogP contribution in [0.15, 0.2) is 48.5 Å². The molecule has 0 saturated carbocycles. The Hall–Kier alpha value is -3.72. The molecule has 0 saturated heterocycles. The van der Waals surface area contributed by atoms with Gasteiger partial charge in [-0.1, -0.05) is 42.0 Å². The number of carbonyl (C=O) groups excluding carboxylic acids is 3. The van der Waals surface area contributed by atoms with Crippen molar-refractivity contribution < 1.29 is 19.1 Å². The zero-order valence-electron chi connectivity index (χ0n) is 18.5. The minimum absolute atomic E-state index is 0.0637. The van der Waals surface area contributed by atoms with Crippen LogP contribution in [0.3, 0.4) is 0 Å². The summed E-state index contributed by atoms with van der Waals surface area (Å²) >= 11 is 1.21. The summed E-state index contributed by atoms with van der Waals surface area (Å²) < 4.78 is 5.30. The quantitative estimate of drug-likeness (QED) is 0.558. The van der Waals surface area contributed by atoms with Gasteiger partial charge in [-0.2, -0.15) is 0 Å². The van der Waals surface area contributed by atoms with Crippen LogP contribution in [0, 0.1) is 6.92 Å². The molecule has 1 aliphatic heterocycles. The molecule has 33 heavy (non-hydrogen) atoms. The summed E-state index contributed by atoms with van der Waals surface area (Å²) in [6, 6.07) is 14.8. The first-order valence-electron chi connectivity index (χ1n) is 10.4. The molecule has 2 amide bonds. The minimum atomic E-state index is -1.14. The molecule has 4 rings (SSSR count). The van der Waals surface area contributed by atoms with Crippen molar-refractivity contribution in [3.05, 3.63) is 59.0 Å². The highest BCUT2D eigenvalue weighted by Gasteiger charge is 2.43. The standard InChI is InChI=1S/C24H24N4O4S/c1-14-8-10-15(11-9-14)21-18(33-23(25)27-21)12-20(30)32-13-19(29)28-17-7-5-4-6-16(17)26-22(31)24(28,2)3/h4-11H,12-13H2,1-3H3,(H2,25,27)(H,26,31). The van der Waals surface area contributed by atoms with Gasteiger partial charge in [-0.25, -0.2) is 4.98 Å². The number of fused-ring (bicyclic) bond motifs is 1. The van der Waals surface area contributed by atoms with E-state index in [4.69, 9.17) is 10.5 Å². The van der Waals surface area contributed by atoms with Gasteiger partial charge in [0.2, 0.25) is 5.91 Å². The summed E-state index contributed by atoms with van der Waals surface area (Å²) in [7, 11) is 0. The van der Waals surface area contributed by atoms with Gasteiger partial charge in [0, 0.05) is 10.4 Å². The van der Waals surface area contributed by atoms with Gasteiger partial charge in [-0.05, 0) is 32.9 Å². The number of hydrogen-bond donors (Lipinski definition) is 2. The van der Waals surface area contributed by atoms with Gasteiger partial charge >= 0.3 is 5.97 Å². The predicted octanol–water partition coefficient (Wildman–Crippen LogP) is 3.55. The summed E-state index contributed by atoms with van der Waals surface area (Å²) in [4.78, 5) is 44.6. The van der Waals surface area contributed by atoms with Gasteiger partial charge in [-0.3, -0.25) is 19.3 Å². The van der Waals surface area contributed by atoms with Gasteiger partial charge in [0.25, 0.3) is 5.91 Å². The molecule has 0 atom stereocenters. The fourth-order valence-electron chi connectivity index (χ4n) is 3.71. The molecule has 0 fully saturated rings. The molecule has 1 aromatic heterocycles. The van der Waals surface area contributed by atoms with Crippen LogP contribution >= 0.6 is 11.3 Å². The highest BCUT2D eigenvalue weighted by molar-refractivity contribution is 7.15. The van der Waals surface area contributed by atoms with Crippen molar-refractivity contribution in [1.82, 2.24) is 4.98 Å². The number of aryl methyl sites for hydroxylation is 1. The molecule has 2 aromatic carbocycles. The highest BCUT2D eigenvalue weighted by atomic mass is 32.1. The molecule has 0 aliphatic carbocycles. The third kappa shape index (κ3) is 4.45. The number of nitrogens with zero attached hydrogens (tertiary/aromatic N) is 2. The SMILES string of the molecule is Cc1ccc(-c2nc(N)sc2CC(=O)OCC(=O)N2c3ccccc3NC(=O)C2(C)C)cc1. The Kier molecular flexibility index (Phi) is 5.90. The number of anilines is 3. The molecular weight excluding hydrogens is 440 g/mol. The third-order valence-corrected chi connectivity index (χ3v) is 6.34. The van der Waals surface area contributed by atoms with Crippen molar-refractivity contribution >= 4 is 45.6 Å². The highest BCUT2D eigenvalue weighted by Crippen LogP contribution is 2.36. The van der Waals surface area contributed by atoms with Crippen LogP contribution in [0.25, 0.3) is 11.3 Å². The summed E-state index contributed by atoms with van der Waals surface area (Å²) in [5.41, 5.74) is 8.43. The second-order valence-electron chi connectivity index (χ2n) is 8.29. The van der Waals surface area contributed by atoms with Crippen molar-refractivity contribution in [2.75, 3.05) is 22.6 Å².